The van der Waals surface area contributed by atoms with E-state index >= 15 is 0 Å². The lowest BCUT2D eigenvalue weighted by Crippen LogP contribution is -2.27. The van der Waals surface area contributed by atoms with Crippen LogP contribution in [0.25, 0.3) is 11.2 Å². The summed E-state index contributed by atoms with van der Waals surface area (Å²) in [7, 11) is -10.5. The monoisotopic (exact) mass is 425 g/mol. The number of nitrogen functional groups attached to an aromatic ring is 1. The number of nitrogens with two attached hydrogens (primary N) is 1. The van der Waals surface area contributed by atoms with Crippen molar-refractivity contribution >= 4 is 45.2 Å². The summed E-state index contributed by atoms with van der Waals surface area (Å²) >= 11 is 0. The number of hydrogen-bond acceptors (Lipinski definition) is 11. The average molecular weight is 425 g/mol. The summed E-state index contributed by atoms with van der Waals surface area (Å²) in [6.07, 6.45) is -0.372. The highest BCUT2D eigenvalue weighted by molar-refractivity contribution is 7.60. The van der Waals surface area contributed by atoms with E-state index in [-0.39, 0.29) is 29.6 Å². The predicted octanol–water partition coefficient (Wildman–Crippen LogP) is -1.08. The van der Waals surface area contributed by atoms with Crippen molar-refractivity contribution in [1.29, 1.82) is 0 Å². The number of aldehydes is 2. The van der Waals surface area contributed by atoms with E-state index in [9.17, 15) is 23.6 Å². The first kappa shape index (κ1) is 21.2. The molecule has 2 heterocycles. The Morgan fingerprint density at radius 1 is 1.19 bits per heavy atom. The molecule has 2 aromatic heterocycles. The van der Waals surface area contributed by atoms with Crippen LogP contribution in [0, 0.1) is 0 Å². The van der Waals surface area contributed by atoms with Gasteiger partial charge in [0.25, 0.3) is 0 Å². The number of aromatic nitrogens is 4. The molecular formula is C10H13N5O10P2. The molecule has 0 saturated heterocycles. The largest absolute Gasteiger partial charge is 0.481 e. The van der Waals surface area contributed by atoms with E-state index in [0.29, 0.717) is 0 Å². The first-order chi connectivity index (χ1) is 12.6. The first-order valence-corrected chi connectivity index (χ1v) is 9.82. The molecule has 148 valence electrons. The van der Waals surface area contributed by atoms with Crippen LogP contribution >= 0.6 is 15.6 Å². The zero-order valence-electron chi connectivity index (χ0n) is 13.1. The number of phosphoric acid groups is 2. The smallest absolute Gasteiger partial charge is 0.382 e. The molecule has 17 heteroatoms. The average Bonchev–Trinajstić information content (AvgIpc) is 2.98. The summed E-state index contributed by atoms with van der Waals surface area (Å²) in [5.74, 6) is 0.0366. The topological polar surface area (TPSA) is 226 Å². The second-order valence-electron chi connectivity index (χ2n) is 4.76. The van der Waals surface area contributed by atoms with Crippen molar-refractivity contribution in [3.63, 3.8) is 0 Å². The summed E-state index contributed by atoms with van der Waals surface area (Å²) in [6, 6.07) is 0. The minimum atomic E-state index is -5.32. The van der Waals surface area contributed by atoms with Crippen LogP contribution in [0.3, 0.4) is 0 Å². The maximum atomic E-state index is 11.4. The Morgan fingerprint density at radius 3 is 2.48 bits per heavy atom. The second-order valence-corrected chi connectivity index (χ2v) is 7.59. The van der Waals surface area contributed by atoms with Crippen LogP contribution in [-0.4, -0.2) is 59.5 Å². The number of hydrogen-bond donors (Lipinski definition) is 4. The second kappa shape index (κ2) is 8.29. The number of rotatable bonds is 10. The number of phosphoric ester groups is 1. The fourth-order valence-corrected chi connectivity index (χ4v) is 3.43. The van der Waals surface area contributed by atoms with E-state index in [1.165, 1.54) is 0 Å². The van der Waals surface area contributed by atoms with E-state index < -0.39 is 34.6 Å². The molecule has 0 radical (unpaired) electrons. The van der Waals surface area contributed by atoms with E-state index in [0.717, 1.165) is 17.2 Å². The number of anilines is 1. The van der Waals surface area contributed by atoms with Crippen LogP contribution in [-0.2, 0) is 32.3 Å². The van der Waals surface area contributed by atoms with Gasteiger partial charge in [0.05, 0.1) is 12.9 Å². The lowest BCUT2D eigenvalue weighted by molar-refractivity contribution is -0.139. The normalized spacial score (nSPS) is 16.6. The molecule has 2 aromatic rings. The van der Waals surface area contributed by atoms with Crippen molar-refractivity contribution in [1.82, 2.24) is 19.5 Å². The van der Waals surface area contributed by atoms with Crippen LogP contribution in [0.2, 0.25) is 0 Å². The molecule has 15 nitrogen and oxygen atoms in total. The van der Waals surface area contributed by atoms with Gasteiger partial charge in [-0.25, -0.2) is 24.1 Å². The van der Waals surface area contributed by atoms with Gasteiger partial charge in [0.2, 0.25) is 0 Å². The molecule has 0 amide bonds. The molecule has 0 saturated carbocycles. The van der Waals surface area contributed by atoms with Gasteiger partial charge >= 0.3 is 15.6 Å². The summed E-state index contributed by atoms with van der Waals surface area (Å²) in [5.41, 5.74) is 5.90. The van der Waals surface area contributed by atoms with E-state index in [1.54, 1.807) is 0 Å². The maximum Gasteiger partial charge on any atom is 0.481 e. The van der Waals surface area contributed by atoms with Crippen molar-refractivity contribution in [2.45, 2.75) is 12.3 Å². The third-order valence-corrected chi connectivity index (χ3v) is 5.01. The highest BCUT2D eigenvalue weighted by atomic mass is 31.3. The molecule has 0 aromatic carbocycles. The number of carbonyl (C=O) groups is 2. The molecule has 0 fully saturated rings. The van der Waals surface area contributed by atoms with Crippen molar-refractivity contribution in [3.05, 3.63) is 12.7 Å². The number of imidazole rings is 1. The van der Waals surface area contributed by atoms with Crippen LogP contribution in [0.5, 0.6) is 0 Å². The Morgan fingerprint density at radius 2 is 1.89 bits per heavy atom. The van der Waals surface area contributed by atoms with Crippen LogP contribution in [0.15, 0.2) is 12.7 Å². The minimum Gasteiger partial charge on any atom is -0.382 e. The van der Waals surface area contributed by atoms with Crippen LogP contribution < -0.4 is 5.73 Å². The summed E-state index contributed by atoms with van der Waals surface area (Å²) < 4.78 is 36.1. The Balaban J connectivity index is 2.12. The lowest BCUT2D eigenvalue weighted by Gasteiger charge is -2.19. The molecule has 5 N–H and O–H groups in total. The van der Waals surface area contributed by atoms with Crippen molar-refractivity contribution in [3.8, 4) is 0 Å². The molecule has 1 unspecified atom stereocenters. The number of nitrogens with zero attached hydrogens (tertiary/aromatic N) is 4. The van der Waals surface area contributed by atoms with Gasteiger partial charge in [-0.15, -0.1) is 0 Å². The molecule has 0 spiro atoms. The van der Waals surface area contributed by atoms with Gasteiger partial charge in [0, 0.05) is 0 Å². The quantitative estimate of drug-likeness (QED) is 0.262. The van der Waals surface area contributed by atoms with Gasteiger partial charge < -0.3 is 29.9 Å². The lowest BCUT2D eigenvalue weighted by atomic mass is 10.4. The highest BCUT2D eigenvalue weighted by Gasteiger charge is 2.33. The molecule has 0 aliphatic heterocycles. The molecule has 0 aliphatic rings. The third-order valence-electron chi connectivity index (χ3n) is 2.86. The van der Waals surface area contributed by atoms with Gasteiger partial charge in [0.1, 0.15) is 17.9 Å². The summed E-state index contributed by atoms with van der Waals surface area (Å²) in [4.78, 5) is 60.1. The third kappa shape index (κ3) is 5.69. The Hall–Kier alpha value is -2.09. The van der Waals surface area contributed by atoms with Crippen molar-refractivity contribution < 1.29 is 47.0 Å². The Bertz CT molecular complexity index is 928. The van der Waals surface area contributed by atoms with Crippen molar-refractivity contribution in [2.75, 3.05) is 12.3 Å². The number of ether oxygens (including phenoxy) is 1. The van der Waals surface area contributed by atoms with Gasteiger partial charge in [0.15, 0.2) is 30.3 Å². The van der Waals surface area contributed by atoms with Gasteiger partial charge in [-0.3, -0.25) is 13.9 Å². The van der Waals surface area contributed by atoms with E-state index in [2.05, 4.69) is 23.8 Å². The molecule has 3 atom stereocenters. The van der Waals surface area contributed by atoms with Gasteiger partial charge in [-0.1, -0.05) is 0 Å². The summed E-state index contributed by atoms with van der Waals surface area (Å²) in [5, 5.41) is 0. The Labute approximate surface area is 150 Å². The molecular weight excluding hydrogens is 412 g/mol. The van der Waals surface area contributed by atoms with Crippen LogP contribution in [0.1, 0.15) is 6.23 Å². The molecule has 0 bridgehead atoms. The van der Waals surface area contributed by atoms with Crippen LogP contribution in [0.4, 0.5) is 5.82 Å². The summed E-state index contributed by atoms with van der Waals surface area (Å²) in [6.45, 7) is -0.953. The number of carbonyl (C=O) groups excluding carboxylic acids is 2. The predicted molar refractivity (Wildman–Crippen MR) is 84.7 cm³/mol. The molecule has 2 rings (SSSR count). The molecule has 0 aliphatic carbocycles. The van der Waals surface area contributed by atoms with Gasteiger partial charge in [-0.2, -0.15) is 4.31 Å². The maximum absolute atomic E-state index is 11.4. The number of fused-ring (bicyclic) bond motifs is 1. The zero-order chi connectivity index (χ0) is 20.2. The minimum absolute atomic E-state index is 0.0366. The first-order valence-electron chi connectivity index (χ1n) is 6.79. The highest BCUT2D eigenvalue weighted by Crippen LogP contribution is 2.57. The van der Waals surface area contributed by atoms with E-state index in [4.69, 9.17) is 20.3 Å². The molecule has 27 heavy (non-hydrogen) atoms. The fraction of sp³-hybridized carbons (Fsp3) is 0.300. The SMILES string of the molecule is Nc1ncnc2c1ncn2[C@@H](C=O)O[C@H](C=O)COP(=O)(O)OP(=O)(O)O. The van der Waals surface area contributed by atoms with Gasteiger partial charge in [-0.05, 0) is 0 Å². The van der Waals surface area contributed by atoms with Crippen molar-refractivity contribution in [2.24, 2.45) is 0 Å². The van der Waals surface area contributed by atoms with E-state index in [1.807, 2.05) is 0 Å². The fourth-order valence-electron chi connectivity index (χ4n) is 1.83. The standard InChI is InChI=1S/C10H13N5O10P2/c11-9-8-10(13-4-12-9)15(5-14-8)7(2-17)24-6(1-16)3-23-27(21,22)25-26(18,19)20/h1-2,4-7H,3H2,(H,21,22)(H2,11,12,13)(H2,18,19,20)/t6-,7-/m1/s1. The Kier molecular flexibility index (Phi) is 6.51. The zero-order valence-corrected chi connectivity index (χ0v) is 14.9.